The van der Waals surface area contributed by atoms with Crippen molar-refractivity contribution in [3.8, 4) is 0 Å². The molecule has 184 valence electrons. The van der Waals surface area contributed by atoms with Gasteiger partial charge in [-0.05, 0) is 56.0 Å². The van der Waals surface area contributed by atoms with Crippen LogP contribution in [-0.4, -0.2) is 20.4 Å². The Kier molecular flexibility index (Phi) is 6.51. The number of carbonyl (C=O) groups excluding carboxylic acids is 1. The highest BCUT2D eigenvalue weighted by Gasteiger charge is 2.32. The zero-order chi connectivity index (χ0) is 25.3. The van der Waals surface area contributed by atoms with Crippen molar-refractivity contribution in [2.75, 3.05) is 11.1 Å². The molecule has 0 spiro atoms. The minimum absolute atomic E-state index is 0.0234. The lowest BCUT2D eigenvalue weighted by molar-refractivity contribution is -0.137. The van der Waals surface area contributed by atoms with Gasteiger partial charge in [-0.1, -0.05) is 17.7 Å². The number of nitrogens with one attached hydrogen (secondary N) is 2. The number of aryl methyl sites for hydroxylation is 2. The van der Waals surface area contributed by atoms with Gasteiger partial charge in [-0.15, -0.1) is 0 Å². The number of rotatable bonds is 6. The quantitative estimate of drug-likeness (QED) is 0.491. The van der Waals surface area contributed by atoms with Crippen LogP contribution >= 0.6 is 0 Å². The fraction of sp³-hybridized carbons (Fsp3) is 0.333. The summed E-state index contributed by atoms with van der Waals surface area (Å²) in [6.45, 7) is 3.36. The van der Waals surface area contributed by atoms with Crippen LogP contribution in [0, 0.1) is 6.92 Å². The normalized spacial score (nSPS) is 16.0. The molecule has 4 N–H and O–H groups in total. The van der Waals surface area contributed by atoms with E-state index in [2.05, 4.69) is 20.6 Å². The summed E-state index contributed by atoms with van der Waals surface area (Å²) in [6.07, 6.45) is -0.429. The third-order valence-electron chi connectivity index (χ3n) is 5.95. The van der Waals surface area contributed by atoms with E-state index in [9.17, 15) is 22.8 Å². The van der Waals surface area contributed by atoms with Gasteiger partial charge in [0.1, 0.15) is 11.9 Å². The molecule has 0 aliphatic carbocycles. The summed E-state index contributed by atoms with van der Waals surface area (Å²) in [5.41, 5.74) is 6.57. The van der Waals surface area contributed by atoms with Gasteiger partial charge in [-0.3, -0.25) is 14.2 Å². The summed E-state index contributed by atoms with van der Waals surface area (Å²) in [6, 6.07) is 6.05. The van der Waals surface area contributed by atoms with Crippen molar-refractivity contribution < 1.29 is 18.0 Å². The van der Waals surface area contributed by atoms with Crippen LogP contribution in [0.3, 0.4) is 0 Å². The van der Waals surface area contributed by atoms with Crippen LogP contribution in [0.4, 0.5) is 24.8 Å². The number of halogens is 3. The third kappa shape index (κ3) is 5.28. The number of hydrogen-bond acceptors (Lipinski definition) is 6. The van der Waals surface area contributed by atoms with Gasteiger partial charge in [0.25, 0.3) is 5.56 Å². The number of aromatic nitrogens is 3. The standard InChI is InChI=1S/C24H25F3N6O2/c1-13-7-15(9-17(8-13)24(25,26)27)10-30-21-23(35)33-18(12-31-21)4-5-19(33)22(34)32-14(2)16-3-6-20(28)29-11-16/h3,6-9,11-12,14,19H,4-5,10H2,1-2H3,(H2,28,29)(H,30,31)(H,32,34)/t14-,19+/m1/s1. The minimum Gasteiger partial charge on any atom is -0.384 e. The molecule has 3 heterocycles. The summed E-state index contributed by atoms with van der Waals surface area (Å²) in [7, 11) is 0. The molecule has 0 unspecified atom stereocenters. The van der Waals surface area contributed by atoms with Crippen molar-refractivity contribution in [1.29, 1.82) is 0 Å². The number of nitrogen functional groups attached to an aromatic ring is 1. The topological polar surface area (TPSA) is 115 Å². The predicted molar refractivity (Wildman–Crippen MR) is 125 cm³/mol. The highest BCUT2D eigenvalue weighted by molar-refractivity contribution is 5.81. The number of nitrogens with zero attached hydrogens (tertiary/aromatic N) is 3. The molecule has 0 fully saturated rings. The summed E-state index contributed by atoms with van der Waals surface area (Å²) in [5.74, 6) is 0.0245. The second-order valence-electron chi connectivity index (χ2n) is 8.63. The average Bonchev–Trinajstić information content (AvgIpc) is 3.23. The molecular weight excluding hydrogens is 461 g/mol. The molecule has 35 heavy (non-hydrogen) atoms. The van der Waals surface area contributed by atoms with Crippen molar-refractivity contribution in [3.63, 3.8) is 0 Å². The van der Waals surface area contributed by atoms with Crippen molar-refractivity contribution in [1.82, 2.24) is 19.9 Å². The number of carbonyl (C=O) groups is 1. The van der Waals surface area contributed by atoms with E-state index in [0.29, 0.717) is 35.5 Å². The van der Waals surface area contributed by atoms with Gasteiger partial charge >= 0.3 is 6.18 Å². The SMILES string of the molecule is Cc1cc(CNc2ncc3n(c2=O)[C@H](C(=O)N[C@H](C)c2ccc(N)nc2)CC3)cc(C(F)(F)F)c1. The maximum Gasteiger partial charge on any atom is 0.416 e. The maximum absolute atomic E-state index is 13.1. The fourth-order valence-electron chi connectivity index (χ4n) is 4.19. The molecule has 3 aromatic rings. The van der Waals surface area contributed by atoms with E-state index in [1.54, 1.807) is 38.2 Å². The van der Waals surface area contributed by atoms with E-state index in [0.717, 1.165) is 17.7 Å². The molecule has 1 aliphatic heterocycles. The van der Waals surface area contributed by atoms with E-state index in [1.165, 1.54) is 10.8 Å². The highest BCUT2D eigenvalue weighted by Crippen LogP contribution is 2.31. The smallest absolute Gasteiger partial charge is 0.384 e. The Bertz CT molecular complexity index is 1300. The molecule has 0 saturated carbocycles. The molecule has 2 aromatic heterocycles. The highest BCUT2D eigenvalue weighted by atomic mass is 19.4. The Morgan fingerprint density at radius 1 is 1.23 bits per heavy atom. The second kappa shape index (κ2) is 9.40. The first kappa shape index (κ1) is 24.2. The zero-order valence-electron chi connectivity index (χ0n) is 19.2. The molecule has 8 nitrogen and oxygen atoms in total. The first-order valence-corrected chi connectivity index (χ1v) is 11.1. The Morgan fingerprint density at radius 3 is 2.69 bits per heavy atom. The first-order valence-electron chi connectivity index (χ1n) is 11.1. The van der Waals surface area contributed by atoms with E-state index in [1.807, 2.05) is 0 Å². The first-order chi connectivity index (χ1) is 16.5. The van der Waals surface area contributed by atoms with Crippen LogP contribution in [0.25, 0.3) is 0 Å². The van der Waals surface area contributed by atoms with Crippen LogP contribution in [0.15, 0.2) is 47.5 Å². The molecule has 0 saturated heterocycles. The third-order valence-corrected chi connectivity index (χ3v) is 5.95. The lowest BCUT2D eigenvalue weighted by atomic mass is 10.1. The number of benzene rings is 1. The molecule has 2 atom stereocenters. The van der Waals surface area contributed by atoms with Gasteiger partial charge in [0.15, 0.2) is 5.82 Å². The van der Waals surface area contributed by atoms with Gasteiger partial charge in [-0.25, -0.2) is 9.97 Å². The van der Waals surface area contributed by atoms with E-state index >= 15 is 0 Å². The van der Waals surface area contributed by atoms with Crippen molar-refractivity contribution in [2.45, 2.75) is 51.5 Å². The maximum atomic E-state index is 13.1. The fourth-order valence-corrected chi connectivity index (χ4v) is 4.19. The molecule has 11 heteroatoms. The lowest BCUT2D eigenvalue weighted by Gasteiger charge is -2.19. The largest absolute Gasteiger partial charge is 0.416 e. The van der Waals surface area contributed by atoms with Gasteiger partial charge in [-0.2, -0.15) is 13.2 Å². The number of hydrogen-bond donors (Lipinski definition) is 3. The van der Waals surface area contributed by atoms with Crippen LogP contribution in [0.2, 0.25) is 0 Å². The summed E-state index contributed by atoms with van der Waals surface area (Å²) < 4.78 is 40.8. The summed E-state index contributed by atoms with van der Waals surface area (Å²) >= 11 is 0. The minimum atomic E-state index is -4.47. The van der Waals surface area contributed by atoms with Crippen molar-refractivity contribution in [3.05, 3.63) is 81.0 Å². The Balaban J connectivity index is 1.51. The van der Waals surface area contributed by atoms with Gasteiger partial charge in [0.05, 0.1) is 11.6 Å². The Hall–Kier alpha value is -3.89. The number of anilines is 2. The second-order valence-corrected chi connectivity index (χ2v) is 8.63. The number of nitrogens with two attached hydrogens (primary N) is 1. The number of amides is 1. The molecule has 1 aliphatic rings. The van der Waals surface area contributed by atoms with Gasteiger partial charge < -0.3 is 16.4 Å². The monoisotopic (exact) mass is 486 g/mol. The lowest BCUT2D eigenvalue weighted by Crippen LogP contribution is -2.37. The van der Waals surface area contributed by atoms with Crippen LogP contribution in [0.1, 0.15) is 53.4 Å². The molecule has 1 amide bonds. The molecule has 1 aromatic carbocycles. The molecule has 0 bridgehead atoms. The summed E-state index contributed by atoms with van der Waals surface area (Å²) in [4.78, 5) is 34.3. The van der Waals surface area contributed by atoms with Gasteiger partial charge in [0, 0.05) is 24.6 Å². The van der Waals surface area contributed by atoms with E-state index in [-0.39, 0.29) is 24.3 Å². The molecule has 4 rings (SSSR count). The van der Waals surface area contributed by atoms with Crippen molar-refractivity contribution >= 4 is 17.5 Å². The van der Waals surface area contributed by atoms with Crippen LogP contribution in [0.5, 0.6) is 0 Å². The van der Waals surface area contributed by atoms with Gasteiger partial charge in [0.2, 0.25) is 5.91 Å². The number of alkyl halides is 3. The summed E-state index contributed by atoms with van der Waals surface area (Å²) in [5, 5.41) is 5.74. The molecular formula is C24H25F3N6O2. The zero-order valence-corrected chi connectivity index (χ0v) is 19.2. The average molecular weight is 486 g/mol. The number of fused-ring (bicyclic) bond motifs is 1. The Labute approximate surface area is 199 Å². The number of pyridine rings is 1. The van der Waals surface area contributed by atoms with E-state index in [4.69, 9.17) is 5.73 Å². The predicted octanol–water partition coefficient (Wildman–Crippen LogP) is 3.52. The van der Waals surface area contributed by atoms with Crippen LogP contribution in [-0.2, 0) is 23.9 Å². The van der Waals surface area contributed by atoms with E-state index < -0.39 is 23.3 Å². The molecule has 0 radical (unpaired) electrons. The van der Waals surface area contributed by atoms with Crippen molar-refractivity contribution in [2.24, 2.45) is 0 Å². The Morgan fingerprint density at radius 2 is 2.00 bits per heavy atom. The van der Waals surface area contributed by atoms with Crippen LogP contribution < -0.4 is 21.9 Å².